The van der Waals surface area contributed by atoms with Gasteiger partial charge in [-0.25, -0.2) is 12.1 Å². The molecule has 0 saturated heterocycles. The molecule has 1 N–H and O–H groups in total. The van der Waals surface area contributed by atoms with E-state index in [0.717, 1.165) is 24.3 Å². The van der Waals surface area contributed by atoms with E-state index < -0.39 is 0 Å². The summed E-state index contributed by atoms with van der Waals surface area (Å²) >= 11 is 0. The zero-order valence-electron chi connectivity index (χ0n) is 9.43. The van der Waals surface area contributed by atoms with E-state index in [1.807, 2.05) is 26.1 Å². The second kappa shape index (κ2) is 10.8. The SMILES string of the molecule is Cc1c[c-]c(C)nc1.[CH2-]CNC[CH2-].[Li+]. The molecule has 3 heteroatoms. The molecule has 1 rings (SSSR count). The van der Waals surface area contributed by atoms with Crippen LogP contribution >= 0.6 is 0 Å². The van der Waals surface area contributed by atoms with E-state index in [1.165, 1.54) is 0 Å². The Morgan fingerprint density at radius 2 is 1.93 bits per heavy atom. The molecular formula is C11H17LiN2-2. The Bertz CT molecular complexity index is 186. The molecule has 0 aliphatic rings. The van der Waals surface area contributed by atoms with Crippen molar-refractivity contribution >= 4 is 0 Å². The van der Waals surface area contributed by atoms with Crippen LogP contribution in [0.3, 0.4) is 0 Å². The second-order valence-electron chi connectivity index (χ2n) is 2.63. The molecule has 1 heterocycles. The maximum atomic E-state index is 4.02. The van der Waals surface area contributed by atoms with Gasteiger partial charge in [-0.1, -0.05) is 11.9 Å². The Hall–Kier alpha value is -0.293. The minimum Gasteiger partial charge on any atom is -0.376 e. The number of nitrogens with one attached hydrogen (secondary N) is 1. The molecule has 1 aromatic heterocycles. The molecule has 0 saturated carbocycles. The van der Waals surface area contributed by atoms with Crippen molar-refractivity contribution in [3.05, 3.63) is 43.4 Å². The maximum absolute atomic E-state index is 4.02. The van der Waals surface area contributed by atoms with Crippen LogP contribution in [0.2, 0.25) is 0 Å². The summed E-state index contributed by atoms with van der Waals surface area (Å²) in [6, 6.07) is 4.92. The summed E-state index contributed by atoms with van der Waals surface area (Å²) < 4.78 is 0. The smallest absolute Gasteiger partial charge is 0.376 e. The first kappa shape index (κ1) is 16.1. The van der Waals surface area contributed by atoms with Gasteiger partial charge in [0.15, 0.2) is 0 Å². The Kier molecular flexibility index (Phi) is 12.4. The fourth-order valence-corrected chi connectivity index (χ4v) is 0.616. The number of rotatable bonds is 2. The fraction of sp³-hybridized carbons (Fsp3) is 0.364. The van der Waals surface area contributed by atoms with Crippen LogP contribution in [0.25, 0.3) is 0 Å². The Labute approximate surface area is 99.7 Å². The van der Waals surface area contributed by atoms with E-state index >= 15 is 0 Å². The van der Waals surface area contributed by atoms with Crippen LogP contribution in [-0.2, 0) is 0 Å². The summed E-state index contributed by atoms with van der Waals surface area (Å²) in [5, 5.41) is 2.89. The zero-order chi connectivity index (χ0) is 10.1. The van der Waals surface area contributed by atoms with Crippen molar-refractivity contribution in [1.82, 2.24) is 10.3 Å². The van der Waals surface area contributed by atoms with Gasteiger partial charge in [-0.3, -0.25) is 0 Å². The topological polar surface area (TPSA) is 24.9 Å². The predicted octanol–water partition coefficient (Wildman–Crippen LogP) is -1.25. The molecule has 0 unspecified atom stereocenters. The first-order chi connectivity index (χ1) is 6.20. The first-order valence-electron chi connectivity index (χ1n) is 4.30. The third kappa shape index (κ3) is 9.79. The first-order valence-corrected chi connectivity index (χ1v) is 4.30. The average molecular weight is 184 g/mol. The van der Waals surface area contributed by atoms with Gasteiger partial charge in [0.05, 0.1) is 0 Å². The quantitative estimate of drug-likeness (QED) is 0.459. The number of hydrogen-bond acceptors (Lipinski definition) is 2. The van der Waals surface area contributed by atoms with Crippen molar-refractivity contribution in [2.75, 3.05) is 13.1 Å². The number of nitrogens with zero attached hydrogens (tertiary/aromatic N) is 1. The van der Waals surface area contributed by atoms with E-state index in [-0.39, 0.29) is 18.9 Å². The molecule has 0 bridgehead atoms. The van der Waals surface area contributed by atoms with E-state index in [2.05, 4.69) is 30.2 Å². The normalized spacial score (nSPS) is 8.29. The zero-order valence-corrected chi connectivity index (χ0v) is 9.43. The van der Waals surface area contributed by atoms with E-state index in [9.17, 15) is 0 Å². The minimum absolute atomic E-state index is 0. The van der Waals surface area contributed by atoms with Crippen molar-refractivity contribution < 1.29 is 18.9 Å². The van der Waals surface area contributed by atoms with Gasteiger partial charge >= 0.3 is 18.9 Å². The van der Waals surface area contributed by atoms with Gasteiger partial charge in [-0.2, -0.15) is 5.56 Å². The monoisotopic (exact) mass is 184 g/mol. The fourth-order valence-electron chi connectivity index (χ4n) is 0.616. The van der Waals surface area contributed by atoms with Crippen LogP contribution in [0.4, 0.5) is 0 Å². The Morgan fingerprint density at radius 1 is 1.36 bits per heavy atom. The van der Waals surface area contributed by atoms with Gasteiger partial charge in [0.2, 0.25) is 0 Å². The van der Waals surface area contributed by atoms with E-state index in [1.54, 1.807) is 0 Å². The molecule has 0 aliphatic carbocycles. The summed E-state index contributed by atoms with van der Waals surface area (Å²) in [4.78, 5) is 4.02. The summed E-state index contributed by atoms with van der Waals surface area (Å²) in [6.45, 7) is 12.5. The summed E-state index contributed by atoms with van der Waals surface area (Å²) in [7, 11) is 0. The Morgan fingerprint density at radius 3 is 2.14 bits per heavy atom. The van der Waals surface area contributed by atoms with Gasteiger partial charge in [0, 0.05) is 0 Å². The molecule has 0 amide bonds. The molecule has 74 valence electrons. The van der Waals surface area contributed by atoms with E-state index in [4.69, 9.17) is 0 Å². The largest absolute Gasteiger partial charge is 1.00 e. The van der Waals surface area contributed by atoms with E-state index in [0.29, 0.717) is 0 Å². The van der Waals surface area contributed by atoms with Crippen LogP contribution < -0.4 is 24.2 Å². The standard InChI is InChI=1S/C7H8N.C4H9N.Li/c1-6-3-4-7(2)8-5-6;1-3-5-4-2;/h3,5H,1-2H3;5H,1-4H2;/q-1;-2;+1. The summed E-state index contributed by atoms with van der Waals surface area (Å²) in [6.07, 6.45) is 1.84. The van der Waals surface area contributed by atoms with Crippen molar-refractivity contribution in [3.8, 4) is 0 Å². The van der Waals surface area contributed by atoms with Gasteiger partial charge in [0.25, 0.3) is 0 Å². The second-order valence-corrected chi connectivity index (χ2v) is 2.63. The van der Waals surface area contributed by atoms with Crippen molar-refractivity contribution in [2.45, 2.75) is 13.8 Å². The van der Waals surface area contributed by atoms with Crippen LogP contribution in [-0.4, -0.2) is 18.1 Å². The molecule has 0 atom stereocenters. The summed E-state index contributed by atoms with van der Waals surface area (Å²) in [5.74, 6) is 0. The van der Waals surface area contributed by atoms with Crippen LogP contribution in [0, 0.1) is 33.8 Å². The van der Waals surface area contributed by atoms with Crippen molar-refractivity contribution in [1.29, 1.82) is 0 Å². The third-order valence-corrected chi connectivity index (χ3v) is 1.32. The number of hydrogen-bond donors (Lipinski definition) is 1. The average Bonchev–Trinajstić information content (AvgIpc) is 2.13. The van der Waals surface area contributed by atoms with Gasteiger partial charge in [-0.05, 0) is 6.92 Å². The van der Waals surface area contributed by atoms with Crippen molar-refractivity contribution in [2.24, 2.45) is 0 Å². The molecule has 0 radical (unpaired) electrons. The number of aromatic nitrogens is 1. The minimum atomic E-state index is 0. The number of pyridine rings is 1. The molecule has 14 heavy (non-hydrogen) atoms. The predicted molar refractivity (Wildman–Crippen MR) is 56.1 cm³/mol. The molecular weight excluding hydrogens is 167 g/mol. The molecule has 0 aromatic carbocycles. The molecule has 0 fully saturated rings. The van der Waals surface area contributed by atoms with Crippen LogP contribution in [0.1, 0.15) is 11.3 Å². The van der Waals surface area contributed by atoms with Crippen LogP contribution in [0.5, 0.6) is 0 Å². The van der Waals surface area contributed by atoms with Gasteiger partial charge < -0.3 is 24.1 Å². The summed E-state index contributed by atoms with van der Waals surface area (Å²) in [5.41, 5.74) is 2.12. The maximum Gasteiger partial charge on any atom is 1.00 e. The molecule has 1 aromatic rings. The van der Waals surface area contributed by atoms with Crippen LogP contribution in [0.15, 0.2) is 12.3 Å². The number of aryl methyl sites for hydroxylation is 2. The van der Waals surface area contributed by atoms with Gasteiger partial charge in [0.1, 0.15) is 0 Å². The Balaban J connectivity index is 0. The molecule has 0 aliphatic heterocycles. The van der Waals surface area contributed by atoms with Crippen molar-refractivity contribution in [3.63, 3.8) is 0 Å². The van der Waals surface area contributed by atoms with Gasteiger partial charge in [-0.15, -0.1) is 20.0 Å². The molecule has 2 nitrogen and oxygen atoms in total. The molecule has 0 spiro atoms. The third-order valence-electron chi connectivity index (χ3n) is 1.32.